The number of aryl methyl sites for hydroxylation is 1. The van der Waals surface area contributed by atoms with E-state index >= 15 is 0 Å². The molecule has 8 heteroatoms. The van der Waals surface area contributed by atoms with Crippen molar-refractivity contribution in [2.24, 2.45) is 0 Å². The first-order valence-electron chi connectivity index (χ1n) is 9.20. The summed E-state index contributed by atoms with van der Waals surface area (Å²) in [5, 5.41) is 10.2. The third kappa shape index (κ3) is 6.29. The maximum atomic E-state index is 11.7. The highest BCUT2D eigenvalue weighted by molar-refractivity contribution is 5.97. The van der Waals surface area contributed by atoms with Crippen LogP contribution < -0.4 is 9.47 Å². The molecule has 0 radical (unpaired) electrons. The molecule has 1 aliphatic rings. The summed E-state index contributed by atoms with van der Waals surface area (Å²) < 4.78 is 19.6. The van der Waals surface area contributed by atoms with Crippen molar-refractivity contribution >= 4 is 18.1 Å². The number of rotatable bonds is 7. The SMILES string of the molecule is CCOC(=O)Oc1cc(CCC(O)=C2CCCC2=O)cc(OC(=O)OCC)c1. The van der Waals surface area contributed by atoms with Gasteiger partial charge >= 0.3 is 12.3 Å². The zero-order valence-corrected chi connectivity index (χ0v) is 16.0. The zero-order chi connectivity index (χ0) is 20.5. The third-order valence-electron chi connectivity index (χ3n) is 4.03. The number of benzene rings is 1. The standard InChI is InChI=1S/C20H24O8/c1-3-25-19(23)27-14-10-13(11-15(12-14)28-20(24)26-4-2)8-9-18(22)16-6-5-7-17(16)21/h10-12,22H,3-9H2,1-2H3. The molecule has 0 spiro atoms. The van der Waals surface area contributed by atoms with Crippen molar-refractivity contribution in [2.45, 2.75) is 46.0 Å². The molecule has 0 unspecified atom stereocenters. The third-order valence-corrected chi connectivity index (χ3v) is 4.03. The van der Waals surface area contributed by atoms with Crippen LogP contribution in [0.4, 0.5) is 9.59 Å². The molecule has 0 atom stereocenters. The largest absolute Gasteiger partial charge is 0.513 e. The summed E-state index contributed by atoms with van der Waals surface area (Å²) in [6.45, 7) is 3.60. The van der Waals surface area contributed by atoms with Gasteiger partial charge in [0.25, 0.3) is 0 Å². The Balaban J connectivity index is 2.17. The van der Waals surface area contributed by atoms with E-state index in [9.17, 15) is 19.5 Å². The molecule has 152 valence electrons. The van der Waals surface area contributed by atoms with Gasteiger partial charge in [-0.2, -0.15) is 0 Å². The second kappa shape index (κ2) is 10.3. The van der Waals surface area contributed by atoms with Crippen LogP contribution in [0.5, 0.6) is 11.5 Å². The number of Topliss-reactive ketones (excluding diaryl/α,β-unsaturated/α-hetero) is 1. The van der Waals surface area contributed by atoms with Gasteiger partial charge < -0.3 is 24.1 Å². The van der Waals surface area contributed by atoms with Gasteiger partial charge in [0, 0.05) is 24.5 Å². The lowest BCUT2D eigenvalue weighted by Crippen LogP contribution is -2.12. The number of allylic oxidation sites excluding steroid dienone is 2. The van der Waals surface area contributed by atoms with Gasteiger partial charge in [-0.25, -0.2) is 9.59 Å². The first-order chi connectivity index (χ1) is 13.4. The maximum Gasteiger partial charge on any atom is 0.513 e. The monoisotopic (exact) mass is 392 g/mol. The predicted molar refractivity (Wildman–Crippen MR) is 98.6 cm³/mol. The Morgan fingerprint density at radius 3 is 2.00 bits per heavy atom. The second-order valence-electron chi connectivity index (χ2n) is 6.08. The van der Waals surface area contributed by atoms with E-state index < -0.39 is 12.3 Å². The highest BCUT2D eigenvalue weighted by Crippen LogP contribution is 2.28. The molecule has 0 aromatic heterocycles. The van der Waals surface area contributed by atoms with E-state index in [1.54, 1.807) is 26.0 Å². The van der Waals surface area contributed by atoms with E-state index in [-0.39, 0.29) is 42.7 Å². The first-order valence-corrected chi connectivity index (χ1v) is 9.20. The fraction of sp³-hybridized carbons (Fsp3) is 0.450. The Morgan fingerprint density at radius 2 is 1.54 bits per heavy atom. The van der Waals surface area contributed by atoms with Gasteiger partial charge in [-0.1, -0.05) is 0 Å². The topological polar surface area (TPSA) is 108 Å². The molecule has 1 saturated carbocycles. The minimum Gasteiger partial charge on any atom is -0.512 e. The van der Waals surface area contributed by atoms with E-state index in [0.717, 1.165) is 6.42 Å². The fourth-order valence-electron chi connectivity index (χ4n) is 2.81. The Hall–Kier alpha value is -3.03. The van der Waals surface area contributed by atoms with Crippen molar-refractivity contribution in [1.82, 2.24) is 0 Å². The summed E-state index contributed by atoms with van der Waals surface area (Å²) in [7, 11) is 0. The second-order valence-corrected chi connectivity index (χ2v) is 6.08. The van der Waals surface area contributed by atoms with Crippen LogP contribution in [0.1, 0.15) is 45.1 Å². The number of ketones is 1. The number of carbonyl (C=O) groups excluding carboxylic acids is 3. The Labute approximate surface area is 163 Å². The van der Waals surface area contributed by atoms with Gasteiger partial charge in [0.2, 0.25) is 0 Å². The first kappa shape index (κ1) is 21.3. The summed E-state index contributed by atoms with van der Waals surface area (Å²) in [4.78, 5) is 34.9. The van der Waals surface area contributed by atoms with Gasteiger partial charge in [-0.05, 0) is 50.8 Å². The van der Waals surface area contributed by atoms with Crippen LogP contribution in [0, 0.1) is 0 Å². The molecular formula is C20H24O8. The van der Waals surface area contributed by atoms with Crippen molar-refractivity contribution in [2.75, 3.05) is 13.2 Å². The van der Waals surface area contributed by atoms with Crippen LogP contribution in [0.15, 0.2) is 29.5 Å². The fourth-order valence-corrected chi connectivity index (χ4v) is 2.81. The predicted octanol–water partition coefficient (Wildman–Crippen LogP) is 4.25. The number of aliphatic hydroxyl groups excluding tert-OH is 1. The molecule has 28 heavy (non-hydrogen) atoms. The molecule has 0 heterocycles. The number of hydrogen-bond acceptors (Lipinski definition) is 8. The molecule has 1 N–H and O–H groups in total. The van der Waals surface area contributed by atoms with Gasteiger partial charge in [0.15, 0.2) is 5.78 Å². The van der Waals surface area contributed by atoms with Gasteiger partial charge in [0.1, 0.15) is 11.5 Å². The smallest absolute Gasteiger partial charge is 0.512 e. The van der Waals surface area contributed by atoms with Crippen LogP contribution in [-0.2, 0) is 20.7 Å². The van der Waals surface area contributed by atoms with E-state index in [0.29, 0.717) is 30.4 Å². The molecule has 1 aliphatic carbocycles. The van der Waals surface area contributed by atoms with Crippen molar-refractivity contribution in [3.05, 3.63) is 35.1 Å². The summed E-state index contributed by atoms with van der Waals surface area (Å²) in [6.07, 6.45) is 0.600. The van der Waals surface area contributed by atoms with Crippen molar-refractivity contribution < 1.29 is 38.4 Å². The Morgan fingerprint density at radius 1 is 0.964 bits per heavy atom. The molecule has 0 bridgehead atoms. The lowest BCUT2D eigenvalue weighted by Gasteiger charge is -2.11. The average molecular weight is 392 g/mol. The molecule has 8 nitrogen and oxygen atoms in total. The summed E-state index contributed by atoms with van der Waals surface area (Å²) in [5.41, 5.74) is 1.11. The van der Waals surface area contributed by atoms with E-state index in [1.165, 1.54) is 6.07 Å². The number of carbonyl (C=O) groups is 3. The van der Waals surface area contributed by atoms with Crippen LogP contribution >= 0.6 is 0 Å². The highest BCUT2D eigenvalue weighted by atomic mass is 16.7. The van der Waals surface area contributed by atoms with Gasteiger partial charge in [0.05, 0.1) is 19.0 Å². The van der Waals surface area contributed by atoms with Crippen LogP contribution in [-0.4, -0.2) is 36.4 Å². The van der Waals surface area contributed by atoms with Crippen molar-refractivity contribution in [3.63, 3.8) is 0 Å². The van der Waals surface area contributed by atoms with E-state index in [1.807, 2.05) is 0 Å². The summed E-state index contributed by atoms with van der Waals surface area (Å²) in [5.74, 6) is 0.286. The van der Waals surface area contributed by atoms with Crippen LogP contribution in [0.3, 0.4) is 0 Å². The van der Waals surface area contributed by atoms with Gasteiger partial charge in [-0.3, -0.25) is 4.79 Å². The van der Waals surface area contributed by atoms with Crippen molar-refractivity contribution in [3.8, 4) is 11.5 Å². The van der Waals surface area contributed by atoms with E-state index in [2.05, 4.69) is 0 Å². The van der Waals surface area contributed by atoms with Crippen LogP contribution in [0.25, 0.3) is 0 Å². The minimum atomic E-state index is -0.886. The maximum absolute atomic E-state index is 11.7. The lowest BCUT2D eigenvalue weighted by molar-refractivity contribution is -0.114. The summed E-state index contributed by atoms with van der Waals surface area (Å²) in [6, 6.07) is 4.50. The van der Waals surface area contributed by atoms with Gasteiger partial charge in [-0.15, -0.1) is 0 Å². The Bertz CT molecular complexity index is 727. The molecule has 1 aromatic carbocycles. The molecule has 2 rings (SSSR count). The normalized spacial score (nSPS) is 15.1. The minimum absolute atomic E-state index is 0.0248. The zero-order valence-electron chi connectivity index (χ0n) is 16.0. The number of ether oxygens (including phenoxy) is 4. The van der Waals surface area contributed by atoms with E-state index in [4.69, 9.17) is 18.9 Å². The lowest BCUT2D eigenvalue weighted by atomic mass is 10.0. The molecule has 0 saturated heterocycles. The summed E-state index contributed by atoms with van der Waals surface area (Å²) >= 11 is 0. The average Bonchev–Trinajstić information content (AvgIpc) is 3.06. The van der Waals surface area contributed by atoms with Crippen LogP contribution in [0.2, 0.25) is 0 Å². The number of hydrogen-bond donors (Lipinski definition) is 1. The Kier molecular flexibility index (Phi) is 7.86. The molecule has 0 aliphatic heterocycles. The molecule has 1 aromatic rings. The number of aliphatic hydroxyl groups is 1. The highest BCUT2D eigenvalue weighted by Gasteiger charge is 2.21. The molecule has 0 amide bonds. The molecular weight excluding hydrogens is 368 g/mol. The molecule has 1 fully saturated rings. The quantitative estimate of drug-likeness (QED) is 0.317. The van der Waals surface area contributed by atoms with Crippen molar-refractivity contribution in [1.29, 1.82) is 0 Å².